The van der Waals surface area contributed by atoms with Crippen molar-refractivity contribution in [3.05, 3.63) is 23.8 Å². The van der Waals surface area contributed by atoms with Crippen LogP contribution in [0.3, 0.4) is 0 Å². The molecule has 1 aromatic rings. The molecule has 0 saturated carbocycles. The first kappa shape index (κ1) is 14.9. The maximum atomic E-state index is 12.0. The average Bonchev–Trinajstić information content (AvgIpc) is 2.88. The standard InChI is InChI=1S/C16H25N3O/c1-3-14-5-4-9-19(14)10-8-16(20)18-15-11-13(17)7-6-12(15)2/h6-7,11,14H,3-5,8-10,17H2,1-2H3,(H,18,20). The highest BCUT2D eigenvalue weighted by molar-refractivity contribution is 5.92. The maximum Gasteiger partial charge on any atom is 0.225 e. The lowest BCUT2D eigenvalue weighted by Gasteiger charge is -2.22. The van der Waals surface area contributed by atoms with Gasteiger partial charge in [-0.2, -0.15) is 0 Å². The molecule has 110 valence electrons. The number of benzene rings is 1. The van der Waals surface area contributed by atoms with Crippen molar-refractivity contribution >= 4 is 17.3 Å². The zero-order valence-electron chi connectivity index (χ0n) is 12.5. The molecule has 0 bridgehead atoms. The summed E-state index contributed by atoms with van der Waals surface area (Å²) in [5, 5.41) is 2.96. The molecule has 1 aliphatic rings. The van der Waals surface area contributed by atoms with Gasteiger partial charge in [0.15, 0.2) is 0 Å². The quantitative estimate of drug-likeness (QED) is 0.812. The van der Waals surface area contributed by atoms with Gasteiger partial charge in [-0.25, -0.2) is 0 Å². The first-order valence-corrected chi connectivity index (χ1v) is 7.50. The molecule has 4 heteroatoms. The summed E-state index contributed by atoms with van der Waals surface area (Å²) in [6.07, 6.45) is 4.25. The highest BCUT2D eigenvalue weighted by Gasteiger charge is 2.22. The van der Waals surface area contributed by atoms with Crippen LogP contribution in [0.5, 0.6) is 0 Å². The molecule has 4 nitrogen and oxygen atoms in total. The van der Waals surface area contributed by atoms with Crippen LogP contribution < -0.4 is 11.1 Å². The molecular weight excluding hydrogens is 250 g/mol. The van der Waals surface area contributed by atoms with Crippen LogP contribution in [0.2, 0.25) is 0 Å². The van der Waals surface area contributed by atoms with Crippen LogP contribution in [-0.2, 0) is 4.79 Å². The summed E-state index contributed by atoms with van der Waals surface area (Å²) >= 11 is 0. The summed E-state index contributed by atoms with van der Waals surface area (Å²) < 4.78 is 0. The van der Waals surface area contributed by atoms with E-state index in [9.17, 15) is 4.79 Å². The van der Waals surface area contributed by atoms with Crippen molar-refractivity contribution in [1.29, 1.82) is 0 Å². The molecule has 1 aromatic carbocycles. The Morgan fingerprint density at radius 3 is 3.05 bits per heavy atom. The summed E-state index contributed by atoms with van der Waals surface area (Å²) in [5.41, 5.74) is 8.30. The van der Waals surface area contributed by atoms with Gasteiger partial charge in [0.2, 0.25) is 5.91 Å². The van der Waals surface area contributed by atoms with Gasteiger partial charge in [0.1, 0.15) is 0 Å². The summed E-state index contributed by atoms with van der Waals surface area (Å²) in [6, 6.07) is 6.26. The van der Waals surface area contributed by atoms with Crippen molar-refractivity contribution in [3.8, 4) is 0 Å². The second-order valence-corrected chi connectivity index (χ2v) is 5.61. The third-order valence-corrected chi connectivity index (χ3v) is 4.13. The lowest BCUT2D eigenvalue weighted by molar-refractivity contribution is -0.116. The molecule has 1 unspecified atom stereocenters. The normalized spacial score (nSPS) is 19.2. The van der Waals surface area contributed by atoms with E-state index < -0.39 is 0 Å². The molecule has 20 heavy (non-hydrogen) atoms. The van der Waals surface area contributed by atoms with Crippen molar-refractivity contribution in [2.24, 2.45) is 0 Å². The van der Waals surface area contributed by atoms with Crippen LogP contribution in [0.4, 0.5) is 11.4 Å². The number of nitrogens with one attached hydrogen (secondary N) is 1. The van der Waals surface area contributed by atoms with E-state index in [1.807, 2.05) is 25.1 Å². The first-order valence-electron chi connectivity index (χ1n) is 7.50. The van der Waals surface area contributed by atoms with Crippen LogP contribution >= 0.6 is 0 Å². The van der Waals surface area contributed by atoms with E-state index in [2.05, 4.69) is 17.1 Å². The number of hydrogen-bond acceptors (Lipinski definition) is 3. The van der Waals surface area contributed by atoms with E-state index >= 15 is 0 Å². The zero-order chi connectivity index (χ0) is 14.5. The monoisotopic (exact) mass is 275 g/mol. The second kappa shape index (κ2) is 6.75. The summed E-state index contributed by atoms with van der Waals surface area (Å²) in [4.78, 5) is 14.5. The fraction of sp³-hybridized carbons (Fsp3) is 0.562. The van der Waals surface area contributed by atoms with Gasteiger partial charge in [-0.05, 0) is 50.4 Å². The lowest BCUT2D eigenvalue weighted by atomic mass is 10.1. The second-order valence-electron chi connectivity index (χ2n) is 5.61. The van der Waals surface area contributed by atoms with Crippen LogP contribution in [0, 0.1) is 6.92 Å². The Labute approximate surface area is 121 Å². The largest absolute Gasteiger partial charge is 0.399 e. The number of nitrogen functional groups attached to an aromatic ring is 1. The van der Waals surface area contributed by atoms with Gasteiger partial charge < -0.3 is 11.1 Å². The molecule has 1 amide bonds. The molecule has 3 N–H and O–H groups in total. The molecule has 1 fully saturated rings. The minimum Gasteiger partial charge on any atom is -0.399 e. The highest BCUT2D eigenvalue weighted by Crippen LogP contribution is 2.21. The number of hydrogen-bond donors (Lipinski definition) is 2. The van der Waals surface area contributed by atoms with E-state index in [0.29, 0.717) is 18.2 Å². The zero-order valence-corrected chi connectivity index (χ0v) is 12.5. The van der Waals surface area contributed by atoms with Crippen LogP contribution in [-0.4, -0.2) is 29.9 Å². The van der Waals surface area contributed by atoms with Crippen molar-refractivity contribution < 1.29 is 4.79 Å². The molecule has 0 aliphatic carbocycles. The van der Waals surface area contributed by atoms with Gasteiger partial charge in [0.05, 0.1) is 0 Å². The Bertz CT molecular complexity index is 473. The third-order valence-electron chi connectivity index (χ3n) is 4.13. The van der Waals surface area contributed by atoms with Gasteiger partial charge in [-0.1, -0.05) is 13.0 Å². The number of rotatable bonds is 5. The Kier molecular flexibility index (Phi) is 5.01. The molecule has 0 aromatic heterocycles. The molecular formula is C16H25N3O. The van der Waals surface area contributed by atoms with Gasteiger partial charge in [-0.15, -0.1) is 0 Å². The third kappa shape index (κ3) is 3.73. The van der Waals surface area contributed by atoms with Crippen LogP contribution in [0.25, 0.3) is 0 Å². The molecule has 1 aliphatic heterocycles. The molecule has 0 spiro atoms. The average molecular weight is 275 g/mol. The molecule has 1 atom stereocenters. The summed E-state index contributed by atoms with van der Waals surface area (Å²) in [5.74, 6) is 0.0699. The Morgan fingerprint density at radius 2 is 2.30 bits per heavy atom. The van der Waals surface area contributed by atoms with E-state index in [-0.39, 0.29) is 5.91 Å². The minimum atomic E-state index is 0.0699. The van der Waals surface area contributed by atoms with Crippen molar-refractivity contribution in [2.45, 2.75) is 45.6 Å². The topological polar surface area (TPSA) is 58.4 Å². The molecule has 1 saturated heterocycles. The minimum absolute atomic E-state index is 0.0699. The van der Waals surface area contributed by atoms with Crippen molar-refractivity contribution in [1.82, 2.24) is 4.90 Å². The Morgan fingerprint density at radius 1 is 1.50 bits per heavy atom. The number of nitrogens with two attached hydrogens (primary N) is 1. The molecule has 0 radical (unpaired) electrons. The number of carbonyl (C=O) groups excluding carboxylic acids is 1. The van der Waals surface area contributed by atoms with E-state index in [4.69, 9.17) is 5.73 Å². The van der Waals surface area contributed by atoms with E-state index in [1.165, 1.54) is 19.3 Å². The van der Waals surface area contributed by atoms with E-state index in [0.717, 1.165) is 24.3 Å². The Balaban J connectivity index is 1.85. The van der Waals surface area contributed by atoms with Crippen molar-refractivity contribution in [3.63, 3.8) is 0 Å². The predicted molar refractivity (Wildman–Crippen MR) is 83.7 cm³/mol. The number of carbonyl (C=O) groups is 1. The number of likely N-dealkylation sites (tertiary alicyclic amines) is 1. The van der Waals surface area contributed by atoms with Crippen LogP contribution in [0.1, 0.15) is 38.2 Å². The maximum absolute atomic E-state index is 12.0. The smallest absolute Gasteiger partial charge is 0.225 e. The number of anilines is 2. The predicted octanol–water partition coefficient (Wildman–Crippen LogP) is 2.78. The first-order chi connectivity index (χ1) is 9.60. The van der Waals surface area contributed by atoms with Gasteiger partial charge in [0.25, 0.3) is 0 Å². The van der Waals surface area contributed by atoms with Crippen LogP contribution in [0.15, 0.2) is 18.2 Å². The number of aryl methyl sites for hydroxylation is 1. The summed E-state index contributed by atoms with van der Waals surface area (Å²) in [6.45, 7) is 6.18. The van der Waals surface area contributed by atoms with E-state index in [1.54, 1.807) is 0 Å². The lowest BCUT2D eigenvalue weighted by Crippen LogP contribution is -2.32. The Hall–Kier alpha value is -1.55. The van der Waals surface area contributed by atoms with Gasteiger partial charge in [0, 0.05) is 30.4 Å². The summed E-state index contributed by atoms with van der Waals surface area (Å²) in [7, 11) is 0. The fourth-order valence-electron chi connectivity index (χ4n) is 2.88. The van der Waals surface area contributed by atoms with Gasteiger partial charge >= 0.3 is 0 Å². The highest BCUT2D eigenvalue weighted by atomic mass is 16.1. The van der Waals surface area contributed by atoms with Crippen molar-refractivity contribution in [2.75, 3.05) is 24.1 Å². The van der Waals surface area contributed by atoms with Gasteiger partial charge in [-0.3, -0.25) is 9.69 Å². The number of amides is 1. The number of nitrogens with zero attached hydrogens (tertiary/aromatic N) is 1. The SMILES string of the molecule is CCC1CCCN1CCC(=O)Nc1cc(N)ccc1C. The molecule has 2 rings (SSSR count). The molecule has 1 heterocycles. The fourth-order valence-corrected chi connectivity index (χ4v) is 2.88.